The van der Waals surface area contributed by atoms with Crippen LogP contribution in [0.25, 0.3) is 0 Å². The van der Waals surface area contributed by atoms with Gasteiger partial charge < -0.3 is 15.4 Å². The van der Waals surface area contributed by atoms with Gasteiger partial charge in [-0.2, -0.15) is 0 Å². The second-order valence-corrected chi connectivity index (χ2v) is 8.31. The third-order valence-corrected chi connectivity index (χ3v) is 5.26. The summed E-state index contributed by atoms with van der Waals surface area (Å²) in [6.07, 6.45) is 0. The van der Waals surface area contributed by atoms with E-state index in [-0.39, 0.29) is 12.5 Å². The standard InChI is InChI=1S/C27H28F2N2O3/c1-18(2)25(31-26(32)24-22(28)12-7-13-23(24)29)27(33)30-15-20-10-6-11-21(14-20)17-34-16-19-8-4-3-5-9-19/h3-14,18,25H,15-17H2,1-2H3,(H,30,33)(H,31,32). The zero-order chi connectivity index (χ0) is 24.5. The van der Waals surface area contributed by atoms with Crippen LogP contribution in [0.4, 0.5) is 8.78 Å². The minimum Gasteiger partial charge on any atom is -0.372 e. The van der Waals surface area contributed by atoms with Crippen LogP contribution in [-0.2, 0) is 29.3 Å². The summed E-state index contributed by atoms with van der Waals surface area (Å²) in [6, 6.07) is 19.7. The average Bonchev–Trinajstić information content (AvgIpc) is 2.82. The van der Waals surface area contributed by atoms with Gasteiger partial charge in [0.2, 0.25) is 5.91 Å². The first-order valence-corrected chi connectivity index (χ1v) is 11.1. The van der Waals surface area contributed by atoms with E-state index in [0.29, 0.717) is 13.2 Å². The van der Waals surface area contributed by atoms with E-state index in [1.807, 2.05) is 54.6 Å². The van der Waals surface area contributed by atoms with Gasteiger partial charge in [-0.3, -0.25) is 9.59 Å². The van der Waals surface area contributed by atoms with Crippen LogP contribution in [0.15, 0.2) is 72.8 Å². The highest BCUT2D eigenvalue weighted by Gasteiger charge is 2.27. The van der Waals surface area contributed by atoms with Crippen molar-refractivity contribution >= 4 is 11.8 Å². The minimum atomic E-state index is -0.980. The Kier molecular flexibility index (Phi) is 8.87. The predicted octanol–water partition coefficient (Wildman–Crippen LogP) is 4.75. The Morgan fingerprint density at radius 3 is 2.09 bits per heavy atom. The molecule has 0 saturated carbocycles. The number of benzene rings is 3. The van der Waals surface area contributed by atoms with Gasteiger partial charge in [0, 0.05) is 6.54 Å². The van der Waals surface area contributed by atoms with Gasteiger partial charge in [0.25, 0.3) is 5.91 Å². The van der Waals surface area contributed by atoms with E-state index in [1.165, 1.54) is 6.07 Å². The molecule has 5 nitrogen and oxygen atoms in total. The van der Waals surface area contributed by atoms with Crippen LogP contribution in [-0.4, -0.2) is 17.9 Å². The molecule has 3 aromatic carbocycles. The second kappa shape index (κ2) is 12.0. The molecule has 1 atom stereocenters. The molecule has 0 radical (unpaired) electrons. The molecule has 0 aliphatic rings. The van der Waals surface area contributed by atoms with Gasteiger partial charge in [-0.15, -0.1) is 0 Å². The normalized spacial score (nSPS) is 11.8. The van der Waals surface area contributed by atoms with Crippen molar-refractivity contribution in [3.8, 4) is 0 Å². The molecule has 2 amide bonds. The summed E-state index contributed by atoms with van der Waals surface area (Å²) in [7, 11) is 0. The monoisotopic (exact) mass is 466 g/mol. The average molecular weight is 467 g/mol. The maximum atomic E-state index is 13.9. The molecule has 0 saturated heterocycles. The Bertz CT molecular complexity index is 1100. The van der Waals surface area contributed by atoms with Crippen molar-refractivity contribution < 1.29 is 23.1 Å². The summed E-state index contributed by atoms with van der Waals surface area (Å²) in [6.45, 7) is 4.65. The minimum absolute atomic E-state index is 0.235. The quantitative estimate of drug-likeness (QED) is 0.453. The van der Waals surface area contributed by atoms with E-state index >= 15 is 0 Å². The largest absolute Gasteiger partial charge is 0.372 e. The summed E-state index contributed by atoms with van der Waals surface area (Å²) in [4.78, 5) is 25.2. The Labute approximate surface area is 198 Å². The molecule has 0 fully saturated rings. The maximum absolute atomic E-state index is 13.9. The number of hydrogen-bond acceptors (Lipinski definition) is 3. The van der Waals surface area contributed by atoms with Crippen LogP contribution in [0.1, 0.15) is 40.9 Å². The lowest BCUT2D eigenvalue weighted by atomic mass is 10.0. The summed E-state index contributed by atoms with van der Waals surface area (Å²) in [5.41, 5.74) is 2.21. The number of ether oxygens (including phenoxy) is 1. The summed E-state index contributed by atoms with van der Waals surface area (Å²) in [5, 5.41) is 5.25. The molecule has 0 aromatic heterocycles. The lowest BCUT2D eigenvalue weighted by Crippen LogP contribution is -2.49. The highest BCUT2D eigenvalue weighted by Crippen LogP contribution is 2.14. The van der Waals surface area contributed by atoms with Crippen molar-refractivity contribution in [3.63, 3.8) is 0 Å². The molecule has 0 bridgehead atoms. The smallest absolute Gasteiger partial charge is 0.257 e. The van der Waals surface area contributed by atoms with E-state index in [9.17, 15) is 18.4 Å². The molecule has 178 valence electrons. The van der Waals surface area contributed by atoms with Crippen molar-refractivity contribution in [2.24, 2.45) is 5.92 Å². The van der Waals surface area contributed by atoms with E-state index in [1.54, 1.807) is 13.8 Å². The van der Waals surface area contributed by atoms with Gasteiger partial charge in [-0.05, 0) is 34.7 Å². The van der Waals surface area contributed by atoms with Crippen molar-refractivity contribution in [1.82, 2.24) is 10.6 Å². The molecule has 0 aliphatic carbocycles. The van der Waals surface area contributed by atoms with E-state index in [4.69, 9.17) is 4.74 Å². The predicted molar refractivity (Wildman–Crippen MR) is 126 cm³/mol. The molecule has 0 spiro atoms. The zero-order valence-electron chi connectivity index (χ0n) is 19.2. The van der Waals surface area contributed by atoms with Gasteiger partial charge in [0.1, 0.15) is 23.2 Å². The number of halogens is 2. The first-order valence-electron chi connectivity index (χ1n) is 11.1. The Morgan fingerprint density at radius 1 is 0.824 bits per heavy atom. The third-order valence-electron chi connectivity index (χ3n) is 5.26. The fourth-order valence-electron chi connectivity index (χ4n) is 3.45. The number of rotatable bonds is 10. The van der Waals surface area contributed by atoms with Crippen molar-refractivity contribution in [2.45, 2.75) is 39.6 Å². The molecule has 1 unspecified atom stereocenters. The molecule has 0 heterocycles. The van der Waals surface area contributed by atoms with Crippen LogP contribution in [0.2, 0.25) is 0 Å². The molecular formula is C27H28F2N2O3. The van der Waals surface area contributed by atoms with Crippen LogP contribution >= 0.6 is 0 Å². The van der Waals surface area contributed by atoms with Gasteiger partial charge in [0.05, 0.1) is 13.2 Å². The van der Waals surface area contributed by atoms with E-state index < -0.39 is 35.1 Å². The lowest BCUT2D eigenvalue weighted by Gasteiger charge is -2.22. The molecule has 0 aliphatic heterocycles. The van der Waals surface area contributed by atoms with Crippen LogP contribution in [0.3, 0.4) is 0 Å². The topological polar surface area (TPSA) is 67.4 Å². The first-order chi connectivity index (χ1) is 16.3. The van der Waals surface area contributed by atoms with Crippen LogP contribution < -0.4 is 10.6 Å². The van der Waals surface area contributed by atoms with Gasteiger partial charge in [0.15, 0.2) is 0 Å². The zero-order valence-corrected chi connectivity index (χ0v) is 19.2. The fourth-order valence-corrected chi connectivity index (χ4v) is 3.45. The number of hydrogen-bond donors (Lipinski definition) is 2. The SMILES string of the molecule is CC(C)C(NC(=O)c1c(F)cccc1F)C(=O)NCc1cccc(COCc2ccccc2)c1. The maximum Gasteiger partial charge on any atom is 0.257 e. The molecule has 3 aromatic rings. The summed E-state index contributed by atoms with van der Waals surface area (Å²) < 4.78 is 33.6. The molecule has 7 heteroatoms. The van der Waals surface area contributed by atoms with E-state index in [2.05, 4.69) is 10.6 Å². The summed E-state index contributed by atoms with van der Waals surface area (Å²) in [5.74, 6) is -3.66. The highest BCUT2D eigenvalue weighted by molar-refractivity contribution is 5.98. The number of carbonyl (C=O) groups is 2. The van der Waals surface area contributed by atoms with Crippen LogP contribution in [0, 0.1) is 17.6 Å². The summed E-state index contributed by atoms with van der Waals surface area (Å²) >= 11 is 0. The van der Waals surface area contributed by atoms with Gasteiger partial charge in [-0.25, -0.2) is 8.78 Å². The van der Waals surface area contributed by atoms with Crippen molar-refractivity contribution in [1.29, 1.82) is 0 Å². The molecule has 2 N–H and O–H groups in total. The molecular weight excluding hydrogens is 438 g/mol. The number of carbonyl (C=O) groups excluding carboxylic acids is 2. The fraction of sp³-hybridized carbons (Fsp3) is 0.259. The second-order valence-electron chi connectivity index (χ2n) is 8.31. The first kappa shape index (κ1) is 25.1. The van der Waals surface area contributed by atoms with Crippen molar-refractivity contribution in [2.75, 3.05) is 0 Å². The van der Waals surface area contributed by atoms with Crippen molar-refractivity contribution in [3.05, 3.63) is 107 Å². The highest BCUT2D eigenvalue weighted by atomic mass is 19.1. The van der Waals surface area contributed by atoms with Crippen LogP contribution in [0.5, 0.6) is 0 Å². The van der Waals surface area contributed by atoms with Gasteiger partial charge in [-0.1, -0.05) is 74.5 Å². The number of amides is 2. The van der Waals surface area contributed by atoms with E-state index in [0.717, 1.165) is 28.8 Å². The molecule has 3 rings (SSSR count). The third kappa shape index (κ3) is 6.96. The Hall–Kier alpha value is -3.58. The Morgan fingerprint density at radius 2 is 1.41 bits per heavy atom. The number of nitrogens with one attached hydrogen (secondary N) is 2. The molecule has 34 heavy (non-hydrogen) atoms. The Balaban J connectivity index is 1.56. The van der Waals surface area contributed by atoms with Gasteiger partial charge >= 0.3 is 0 Å². The lowest BCUT2D eigenvalue weighted by molar-refractivity contribution is -0.124.